The molecule has 4 heterocycles. The molecule has 0 spiro atoms. The van der Waals surface area contributed by atoms with Gasteiger partial charge < -0.3 is 70.4 Å². The Hall–Kier alpha value is -9.57. The summed E-state index contributed by atoms with van der Waals surface area (Å²) in [7, 11) is 0. The minimum Gasteiger partial charge on any atom is -0.870 e. The van der Waals surface area contributed by atoms with E-state index in [2.05, 4.69) is 164 Å². The summed E-state index contributed by atoms with van der Waals surface area (Å²) < 4.78 is 0. The summed E-state index contributed by atoms with van der Waals surface area (Å²) in [5.41, 5.74) is 7.81. The van der Waals surface area contributed by atoms with Gasteiger partial charge in [-0.15, -0.1) is 0 Å². The Balaban J connectivity index is -0.000000577. The number of carboxylic acid groups (broad SMARTS) is 6. The molecule has 2 N–H and O–H groups in total. The quantitative estimate of drug-likeness (QED) is 0.119. The van der Waals surface area contributed by atoms with Crippen LogP contribution in [0.25, 0.3) is 43.1 Å². The number of pyridine rings is 4. The van der Waals surface area contributed by atoms with E-state index in [1.54, 1.807) is 49.6 Å². The molecule has 22 heteroatoms. The number of benzene rings is 6. The monoisotopic (exact) mass is 1400 g/mol. The zero-order valence-corrected chi connectivity index (χ0v) is 61.8. The van der Waals surface area contributed by atoms with E-state index in [1.807, 2.05) is 48.5 Å². The largest absolute Gasteiger partial charge is 2.00 e. The van der Waals surface area contributed by atoms with Crippen molar-refractivity contribution in [2.24, 2.45) is 0 Å². The molecular formula is C68H52N4O14Zn4. The van der Waals surface area contributed by atoms with Crippen molar-refractivity contribution in [3.63, 3.8) is 0 Å². The fourth-order valence-corrected chi connectivity index (χ4v) is 6.84. The number of carboxylic acids is 6. The molecule has 0 amide bonds. The van der Waals surface area contributed by atoms with Gasteiger partial charge in [0.15, 0.2) is 0 Å². The summed E-state index contributed by atoms with van der Waals surface area (Å²) in [6.45, 7) is 5.83. The van der Waals surface area contributed by atoms with Gasteiger partial charge in [-0.3, -0.25) is 19.9 Å². The van der Waals surface area contributed by atoms with Gasteiger partial charge in [0, 0.05) is 130 Å². The molecule has 0 aliphatic heterocycles. The maximum absolute atomic E-state index is 8.89. The van der Waals surface area contributed by atoms with E-state index in [0.717, 1.165) is 108 Å². The molecule has 0 aliphatic rings. The number of fused-ring (bicyclic) bond motifs is 4. The topological polar surface area (TPSA) is 352 Å². The number of aromatic nitrogens is 4. The average Bonchev–Trinajstić information content (AvgIpc) is 0.860. The molecular weight excluding hydrogens is 1360 g/mol. The molecule has 18 nitrogen and oxygen atoms in total. The van der Waals surface area contributed by atoms with Gasteiger partial charge in [0.2, 0.25) is 0 Å². The molecule has 0 aliphatic carbocycles. The van der Waals surface area contributed by atoms with Crippen LogP contribution >= 0.6 is 0 Å². The first-order valence-corrected chi connectivity index (χ1v) is 24.8. The third-order valence-corrected chi connectivity index (χ3v) is 9.85. The van der Waals surface area contributed by atoms with Crippen LogP contribution in [-0.2, 0) is 107 Å². The van der Waals surface area contributed by atoms with Gasteiger partial charge in [-0.25, -0.2) is 0 Å². The van der Waals surface area contributed by atoms with E-state index in [9.17, 15) is 0 Å². The Bertz CT molecular complexity index is 3590. The molecule has 0 saturated heterocycles. The van der Waals surface area contributed by atoms with Crippen LogP contribution in [0.5, 0.6) is 0 Å². The Morgan fingerprint density at radius 3 is 0.578 bits per heavy atom. The SMILES string of the molecule is C(#Cc1cccc2cc3cccc(C#Cc4ccncc4)c3cc12)c1ccncc1.C(#Cc1cccc2cc3cccc(C#Cc4ccncc4)c3cc12)c1ccncc1.CC(=O)[O-].CC(=O)[O-].CC(=O)[O-].CC(=O)[O-].CC(=O)[O-].CC(=O)[O-].[OH-].[OH-].[Zn+2].[Zn+2].[Zn+2].[Zn+2]. The maximum atomic E-state index is 8.89. The van der Waals surface area contributed by atoms with Crippen molar-refractivity contribution in [1.29, 1.82) is 0 Å². The first-order valence-electron chi connectivity index (χ1n) is 24.8. The molecule has 0 atom stereocenters. The van der Waals surface area contributed by atoms with Crippen molar-refractivity contribution in [3.05, 3.63) is 240 Å². The number of hydrogen-bond acceptors (Lipinski definition) is 18. The average molecular weight is 1410 g/mol. The van der Waals surface area contributed by atoms with Crippen LogP contribution in [0.15, 0.2) is 195 Å². The standard InChI is InChI=1S/2C28H16N2.6C2H4O2.2H2O.4Zn/c2*1-3-23(9-7-21-11-15-29-16-12-21)27-20-28-24(10-8-22-13-17-30-18-14-22)4-2-6-26(28)19-25(27)5-1;6*1-2(3)4;;;;;;/h2*1-6,11-20H;6*1H3,(H,3,4);2*1H2;;;;/q;;;;;;;;;;4*+2/p-8. The number of carbonyl (C=O) groups is 6. The first kappa shape index (κ1) is 86.9. The van der Waals surface area contributed by atoms with Gasteiger partial charge in [-0.05, 0) is 182 Å². The van der Waals surface area contributed by atoms with E-state index in [4.69, 9.17) is 59.4 Å². The second-order valence-corrected chi connectivity index (χ2v) is 16.7. The predicted octanol–water partition coefficient (Wildman–Crippen LogP) is 3.34. The molecule has 0 radical (unpaired) electrons. The first-order chi connectivity index (χ1) is 40.1. The summed E-state index contributed by atoms with van der Waals surface area (Å²) >= 11 is 0. The van der Waals surface area contributed by atoms with Crippen molar-refractivity contribution in [2.75, 3.05) is 0 Å². The number of aliphatic carboxylic acids is 6. The molecule has 0 bridgehead atoms. The Morgan fingerprint density at radius 1 is 0.267 bits per heavy atom. The van der Waals surface area contributed by atoms with Crippen LogP contribution in [0, 0.1) is 47.4 Å². The van der Waals surface area contributed by atoms with Crippen LogP contribution in [0.1, 0.15) is 86.1 Å². The van der Waals surface area contributed by atoms with Gasteiger partial charge in [0.1, 0.15) is 0 Å². The second-order valence-electron chi connectivity index (χ2n) is 16.7. The van der Waals surface area contributed by atoms with Crippen molar-refractivity contribution in [3.8, 4) is 47.4 Å². The van der Waals surface area contributed by atoms with E-state index in [1.165, 1.54) is 21.5 Å². The maximum Gasteiger partial charge on any atom is 2.00 e. The van der Waals surface area contributed by atoms with Gasteiger partial charge in [0.05, 0.1) is 0 Å². The molecule has 10 rings (SSSR count). The van der Waals surface area contributed by atoms with E-state index in [-0.39, 0.29) is 88.9 Å². The van der Waals surface area contributed by atoms with E-state index >= 15 is 0 Å². The van der Waals surface area contributed by atoms with Crippen LogP contribution in [0.4, 0.5) is 0 Å². The number of rotatable bonds is 0. The van der Waals surface area contributed by atoms with Crippen molar-refractivity contribution in [1.82, 2.24) is 19.9 Å². The van der Waals surface area contributed by atoms with Crippen molar-refractivity contribution < 1.29 is 148 Å². The van der Waals surface area contributed by atoms with Gasteiger partial charge in [0.25, 0.3) is 0 Å². The zero-order chi connectivity index (χ0) is 61.8. The van der Waals surface area contributed by atoms with Gasteiger partial charge >= 0.3 is 77.9 Å². The van der Waals surface area contributed by atoms with Crippen LogP contribution < -0.4 is 30.6 Å². The van der Waals surface area contributed by atoms with Crippen LogP contribution in [0.3, 0.4) is 0 Å². The summed E-state index contributed by atoms with van der Waals surface area (Å²) in [6, 6.07) is 49.1. The number of nitrogens with zero attached hydrogens (tertiary/aromatic N) is 4. The Kier molecular flexibility index (Phi) is 46.8. The van der Waals surface area contributed by atoms with Crippen LogP contribution in [-0.4, -0.2) is 66.7 Å². The van der Waals surface area contributed by atoms with Crippen LogP contribution in [0.2, 0.25) is 0 Å². The predicted molar refractivity (Wildman–Crippen MR) is 312 cm³/mol. The summed E-state index contributed by atoms with van der Waals surface area (Å²) in [5, 5.41) is 62.5. The van der Waals surface area contributed by atoms with Crippen molar-refractivity contribution in [2.45, 2.75) is 41.5 Å². The number of carbonyl (C=O) groups excluding carboxylic acids is 6. The minimum atomic E-state index is -1.08. The molecule has 0 unspecified atom stereocenters. The molecule has 436 valence electrons. The van der Waals surface area contributed by atoms with E-state index < -0.39 is 35.8 Å². The van der Waals surface area contributed by atoms with E-state index in [0.29, 0.717) is 0 Å². The normalized spacial score (nSPS) is 8.42. The summed E-state index contributed by atoms with van der Waals surface area (Å²) in [5.74, 6) is 19.8. The smallest absolute Gasteiger partial charge is 0.870 e. The molecule has 0 saturated carbocycles. The summed E-state index contributed by atoms with van der Waals surface area (Å²) in [6.07, 6.45) is 14.1. The van der Waals surface area contributed by atoms with Crippen molar-refractivity contribution >= 4 is 78.9 Å². The third kappa shape index (κ3) is 35.9. The molecule has 4 aromatic heterocycles. The second kappa shape index (κ2) is 48.4. The minimum absolute atomic E-state index is 0. The number of hydrogen-bond donors (Lipinski definition) is 0. The van der Waals surface area contributed by atoms with Gasteiger partial charge in [-0.2, -0.15) is 0 Å². The zero-order valence-electron chi connectivity index (χ0n) is 49.9. The fraction of sp³-hybridized carbons (Fsp3) is 0.0882. The molecule has 0 fully saturated rings. The molecule has 6 aromatic carbocycles. The third-order valence-electron chi connectivity index (χ3n) is 9.85. The molecule has 10 aromatic rings. The summed E-state index contributed by atoms with van der Waals surface area (Å²) in [4.78, 5) is 69.5. The Morgan fingerprint density at radius 2 is 0.422 bits per heavy atom. The Labute approximate surface area is 571 Å². The fourth-order valence-electron chi connectivity index (χ4n) is 6.84. The van der Waals surface area contributed by atoms with Gasteiger partial charge in [-0.1, -0.05) is 95.9 Å². The molecule has 90 heavy (non-hydrogen) atoms.